The molecule has 2 aromatic rings. The van der Waals surface area contributed by atoms with Gasteiger partial charge in [0.15, 0.2) is 0 Å². The van der Waals surface area contributed by atoms with Crippen LogP contribution in [-0.2, 0) is 11.3 Å². The van der Waals surface area contributed by atoms with Crippen LogP contribution in [0.15, 0.2) is 48.5 Å². The van der Waals surface area contributed by atoms with E-state index in [0.29, 0.717) is 23.6 Å². The topological polar surface area (TPSA) is 69.7 Å². The first-order valence-corrected chi connectivity index (χ1v) is 9.50. The second-order valence-electron chi connectivity index (χ2n) is 7.38. The lowest BCUT2D eigenvalue weighted by molar-refractivity contribution is -0.131. The highest BCUT2D eigenvalue weighted by Crippen LogP contribution is 2.30. The minimum atomic E-state index is -1.05. The molecule has 2 fully saturated rings. The van der Waals surface area contributed by atoms with Crippen molar-refractivity contribution in [3.8, 4) is 0 Å². The quantitative estimate of drug-likeness (QED) is 0.809. The van der Waals surface area contributed by atoms with Gasteiger partial charge in [-0.15, -0.1) is 0 Å². The van der Waals surface area contributed by atoms with Crippen molar-refractivity contribution in [1.29, 1.82) is 0 Å². The van der Waals surface area contributed by atoms with Crippen LogP contribution in [0.5, 0.6) is 0 Å². The number of carbonyl (C=O) groups excluding carboxylic acids is 3. The average Bonchev–Trinajstić information content (AvgIpc) is 3.20. The van der Waals surface area contributed by atoms with Crippen LogP contribution in [0.25, 0.3) is 0 Å². The van der Waals surface area contributed by atoms with Gasteiger partial charge in [-0.1, -0.05) is 47.5 Å². The van der Waals surface area contributed by atoms with Gasteiger partial charge in [0.05, 0.1) is 13.1 Å². The third-order valence-corrected chi connectivity index (χ3v) is 5.57. The van der Waals surface area contributed by atoms with Gasteiger partial charge in [0, 0.05) is 17.1 Å². The number of nitrogens with zero attached hydrogens (tertiary/aromatic N) is 2. The molecule has 1 spiro atoms. The molecule has 0 aliphatic carbocycles. The standard InChI is InChI=1S/C21H20ClN3O3/c1-14-5-7-15(8-6-14)12-25-19(27)21(23-20(25)28)9-10-24(13-21)18(26)16-3-2-4-17(22)11-16/h2-8,11H,9-10,12-13H2,1H3,(H,23,28)/t21-/m1/s1. The third kappa shape index (κ3) is 3.24. The molecule has 28 heavy (non-hydrogen) atoms. The van der Waals surface area contributed by atoms with Crippen LogP contribution < -0.4 is 5.32 Å². The highest BCUT2D eigenvalue weighted by Gasteiger charge is 2.55. The Morgan fingerprint density at radius 3 is 2.64 bits per heavy atom. The van der Waals surface area contributed by atoms with Crippen molar-refractivity contribution in [3.63, 3.8) is 0 Å². The second kappa shape index (κ2) is 6.95. The summed E-state index contributed by atoms with van der Waals surface area (Å²) >= 11 is 5.98. The molecule has 2 aliphatic rings. The molecule has 2 heterocycles. The molecule has 4 rings (SSSR count). The van der Waals surface area contributed by atoms with Crippen molar-refractivity contribution in [2.45, 2.75) is 25.4 Å². The zero-order chi connectivity index (χ0) is 19.9. The summed E-state index contributed by atoms with van der Waals surface area (Å²) in [5.74, 6) is -0.474. The number of benzene rings is 2. The maximum atomic E-state index is 13.1. The van der Waals surface area contributed by atoms with E-state index in [-0.39, 0.29) is 24.9 Å². The fourth-order valence-electron chi connectivity index (χ4n) is 3.76. The minimum absolute atomic E-state index is 0.160. The van der Waals surface area contributed by atoms with Gasteiger partial charge in [-0.3, -0.25) is 14.5 Å². The van der Waals surface area contributed by atoms with Crippen molar-refractivity contribution in [1.82, 2.24) is 15.1 Å². The van der Waals surface area contributed by atoms with E-state index >= 15 is 0 Å². The third-order valence-electron chi connectivity index (χ3n) is 5.34. The lowest BCUT2D eigenvalue weighted by Gasteiger charge is -2.22. The van der Waals surface area contributed by atoms with Crippen LogP contribution in [0.2, 0.25) is 5.02 Å². The van der Waals surface area contributed by atoms with E-state index in [0.717, 1.165) is 11.1 Å². The first kappa shape index (κ1) is 18.5. The first-order valence-electron chi connectivity index (χ1n) is 9.12. The second-order valence-corrected chi connectivity index (χ2v) is 7.81. The van der Waals surface area contributed by atoms with Gasteiger partial charge in [0.2, 0.25) is 0 Å². The number of hydrogen-bond donors (Lipinski definition) is 1. The molecule has 2 aromatic carbocycles. The molecule has 0 unspecified atom stereocenters. The van der Waals surface area contributed by atoms with Crippen molar-refractivity contribution in [2.75, 3.05) is 13.1 Å². The Kier molecular flexibility index (Phi) is 4.59. The molecular weight excluding hydrogens is 378 g/mol. The van der Waals surface area contributed by atoms with Gasteiger partial charge < -0.3 is 10.2 Å². The van der Waals surface area contributed by atoms with E-state index in [9.17, 15) is 14.4 Å². The number of halogens is 1. The average molecular weight is 398 g/mol. The summed E-state index contributed by atoms with van der Waals surface area (Å²) in [5.41, 5.74) is 1.42. The molecular formula is C21H20ClN3O3. The Hall–Kier alpha value is -2.86. The largest absolute Gasteiger partial charge is 0.336 e. The van der Waals surface area contributed by atoms with Gasteiger partial charge in [0.25, 0.3) is 11.8 Å². The molecule has 0 saturated carbocycles. The Morgan fingerprint density at radius 2 is 1.93 bits per heavy atom. The Balaban J connectivity index is 1.50. The summed E-state index contributed by atoms with van der Waals surface area (Å²) in [7, 11) is 0. The SMILES string of the molecule is Cc1ccc(CN2C(=O)N[C@@]3(CCN(C(=O)c4cccc(Cl)c4)C3)C2=O)cc1. The zero-order valence-electron chi connectivity index (χ0n) is 15.4. The van der Waals surface area contributed by atoms with E-state index < -0.39 is 11.6 Å². The smallest absolute Gasteiger partial charge is 0.325 e. The molecule has 0 bridgehead atoms. The van der Waals surface area contributed by atoms with Crippen LogP contribution in [0.3, 0.4) is 0 Å². The van der Waals surface area contributed by atoms with E-state index in [1.807, 2.05) is 31.2 Å². The lowest BCUT2D eigenvalue weighted by atomic mass is 9.99. The molecule has 1 atom stereocenters. The molecule has 0 radical (unpaired) electrons. The predicted molar refractivity (Wildman–Crippen MR) is 105 cm³/mol. The zero-order valence-corrected chi connectivity index (χ0v) is 16.2. The van der Waals surface area contributed by atoms with E-state index in [1.165, 1.54) is 4.90 Å². The van der Waals surface area contributed by atoms with E-state index in [4.69, 9.17) is 11.6 Å². The van der Waals surface area contributed by atoms with E-state index in [1.54, 1.807) is 29.2 Å². The number of imide groups is 1. The fourth-order valence-corrected chi connectivity index (χ4v) is 3.95. The highest BCUT2D eigenvalue weighted by atomic mass is 35.5. The maximum Gasteiger partial charge on any atom is 0.325 e. The number of amides is 4. The Labute approximate surface area is 168 Å². The molecule has 1 N–H and O–H groups in total. The number of carbonyl (C=O) groups is 3. The van der Waals surface area contributed by atoms with Gasteiger partial charge in [-0.05, 0) is 37.1 Å². The Bertz CT molecular complexity index is 960. The normalized spacial score (nSPS) is 21.5. The van der Waals surface area contributed by atoms with Crippen molar-refractivity contribution < 1.29 is 14.4 Å². The van der Waals surface area contributed by atoms with Crippen LogP contribution >= 0.6 is 11.6 Å². The van der Waals surface area contributed by atoms with Crippen LogP contribution in [0, 0.1) is 6.92 Å². The van der Waals surface area contributed by atoms with E-state index in [2.05, 4.69) is 5.32 Å². The molecule has 4 amide bonds. The summed E-state index contributed by atoms with van der Waals surface area (Å²) < 4.78 is 0. The molecule has 6 nitrogen and oxygen atoms in total. The number of nitrogens with one attached hydrogen (secondary N) is 1. The summed E-state index contributed by atoms with van der Waals surface area (Å²) in [5, 5.41) is 3.31. The van der Waals surface area contributed by atoms with Gasteiger partial charge in [-0.2, -0.15) is 0 Å². The van der Waals surface area contributed by atoms with Crippen molar-refractivity contribution in [3.05, 3.63) is 70.2 Å². The van der Waals surface area contributed by atoms with Gasteiger partial charge in [-0.25, -0.2) is 4.79 Å². The monoisotopic (exact) mass is 397 g/mol. The minimum Gasteiger partial charge on any atom is -0.336 e. The number of urea groups is 1. The van der Waals surface area contributed by atoms with Crippen LogP contribution in [-0.4, -0.2) is 46.3 Å². The van der Waals surface area contributed by atoms with Crippen molar-refractivity contribution in [2.24, 2.45) is 0 Å². The fraction of sp³-hybridized carbons (Fsp3) is 0.286. The molecule has 0 aromatic heterocycles. The summed E-state index contributed by atoms with van der Waals surface area (Å²) in [4.78, 5) is 41.1. The number of aryl methyl sites for hydroxylation is 1. The predicted octanol–water partition coefficient (Wildman–Crippen LogP) is 2.99. The van der Waals surface area contributed by atoms with Crippen LogP contribution in [0.4, 0.5) is 4.79 Å². The number of likely N-dealkylation sites (tertiary alicyclic amines) is 1. The number of hydrogen-bond acceptors (Lipinski definition) is 3. The summed E-state index contributed by atoms with van der Waals surface area (Å²) in [6, 6.07) is 14.0. The molecule has 2 aliphatic heterocycles. The first-order chi connectivity index (χ1) is 13.4. The van der Waals surface area contributed by atoms with Crippen molar-refractivity contribution >= 4 is 29.4 Å². The van der Waals surface area contributed by atoms with Gasteiger partial charge >= 0.3 is 6.03 Å². The molecule has 144 valence electrons. The highest BCUT2D eigenvalue weighted by molar-refractivity contribution is 6.31. The summed E-state index contributed by atoms with van der Waals surface area (Å²) in [6.45, 7) is 2.76. The molecule has 7 heteroatoms. The Morgan fingerprint density at radius 1 is 1.18 bits per heavy atom. The van der Waals surface area contributed by atoms with Crippen LogP contribution in [0.1, 0.15) is 27.9 Å². The lowest BCUT2D eigenvalue weighted by Crippen LogP contribution is -2.49. The molecule has 2 saturated heterocycles. The summed E-state index contributed by atoms with van der Waals surface area (Å²) in [6.07, 6.45) is 0.397. The maximum absolute atomic E-state index is 13.1. The number of rotatable bonds is 3. The van der Waals surface area contributed by atoms with Gasteiger partial charge in [0.1, 0.15) is 5.54 Å².